The first kappa shape index (κ1) is 17.4. The van der Waals surface area contributed by atoms with Crippen molar-refractivity contribution in [3.05, 3.63) is 28.5 Å². The largest absolute Gasteiger partial charge is 0.452 e. The van der Waals surface area contributed by atoms with Crippen molar-refractivity contribution in [2.75, 3.05) is 13.7 Å². The van der Waals surface area contributed by atoms with Gasteiger partial charge in [-0.2, -0.15) is 5.26 Å². The van der Waals surface area contributed by atoms with Crippen molar-refractivity contribution in [3.8, 4) is 6.07 Å². The highest BCUT2D eigenvalue weighted by Gasteiger charge is 2.39. The predicted octanol–water partition coefficient (Wildman–Crippen LogP) is 2.69. The van der Waals surface area contributed by atoms with E-state index in [4.69, 9.17) is 4.74 Å². The van der Waals surface area contributed by atoms with E-state index < -0.39 is 11.5 Å². The van der Waals surface area contributed by atoms with Crippen LogP contribution in [0, 0.1) is 11.3 Å². The molecule has 0 aromatic carbocycles. The Kier molecular flexibility index (Phi) is 5.72. The third kappa shape index (κ3) is 4.08. The number of esters is 1. The number of ether oxygens (including phenoxy) is 1. The van der Waals surface area contributed by atoms with E-state index >= 15 is 0 Å². The molecule has 0 N–H and O–H groups in total. The Morgan fingerprint density at radius 1 is 1.39 bits per heavy atom. The Morgan fingerprint density at radius 2 is 2.09 bits per heavy atom. The average molecular weight is 380 g/mol. The number of rotatable bonds is 4. The lowest BCUT2D eigenvalue weighted by Gasteiger charge is -2.38. The van der Waals surface area contributed by atoms with E-state index in [0.29, 0.717) is 17.3 Å². The number of pyridine rings is 1. The second-order valence-corrected chi connectivity index (χ2v) is 6.54. The zero-order valence-electron chi connectivity index (χ0n) is 12.9. The maximum atomic E-state index is 12.3. The fourth-order valence-corrected chi connectivity index (χ4v) is 3.09. The van der Waals surface area contributed by atoms with Gasteiger partial charge in [0, 0.05) is 23.9 Å². The van der Waals surface area contributed by atoms with Crippen molar-refractivity contribution in [2.45, 2.75) is 37.6 Å². The number of halogens is 1. The second-order valence-electron chi connectivity index (χ2n) is 5.62. The molecule has 1 fully saturated rings. The molecule has 23 heavy (non-hydrogen) atoms. The van der Waals surface area contributed by atoms with Gasteiger partial charge in [0.15, 0.2) is 6.61 Å². The third-order valence-electron chi connectivity index (χ3n) is 4.17. The molecule has 1 aromatic heterocycles. The zero-order chi connectivity index (χ0) is 16.9. The molecule has 1 aliphatic rings. The molecule has 0 unspecified atom stereocenters. The molecule has 0 aliphatic heterocycles. The smallest absolute Gasteiger partial charge is 0.340 e. The Balaban J connectivity index is 1.96. The molecule has 1 aliphatic carbocycles. The maximum Gasteiger partial charge on any atom is 0.340 e. The molecule has 1 amide bonds. The van der Waals surface area contributed by atoms with Gasteiger partial charge in [0.05, 0.1) is 11.6 Å². The summed E-state index contributed by atoms with van der Waals surface area (Å²) in [5, 5.41) is 9.48. The number of hydrogen-bond acceptors (Lipinski definition) is 5. The molecule has 0 saturated heterocycles. The van der Waals surface area contributed by atoms with Crippen molar-refractivity contribution in [3.63, 3.8) is 0 Å². The molecule has 2 rings (SSSR count). The maximum absolute atomic E-state index is 12.3. The average Bonchev–Trinajstić information content (AvgIpc) is 2.59. The van der Waals surface area contributed by atoms with E-state index in [1.165, 1.54) is 11.1 Å². The fraction of sp³-hybridized carbons (Fsp3) is 0.500. The summed E-state index contributed by atoms with van der Waals surface area (Å²) < 4.78 is 5.70. The normalized spacial score (nSPS) is 16.2. The molecule has 1 heterocycles. The van der Waals surface area contributed by atoms with E-state index in [-0.39, 0.29) is 18.1 Å². The van der Waals surface area contributed by atoms with Gasteiger partial charge in [-0.25, -0.2) is 4.79 Å². The standard InChI is InChI=1S/C16H18BrN3O3/c1-20(16(11-18)5-3-2-4-6-16)14(21)10-23-15(22)12-7-13(17)9-19-8-12/h7-9H,2-6,10H2,1H3. The lowest BCUT2D eigenvalue weighted by atomic mass is 9.81. The molecular formula is C16H18BrN3O3. The van der Waals surface area contributed by atoms with Crippen molar-refractivity contribution < 1.29 is 14.3 Å². The summed E-state index contributed by atoms with van der Waals surface area (Å²) in [4.78, 5) is 29.5. The van der Waals surface area contributed by atoms with Crippen LogP contribution in [0.5, 0.6) is 0 Å². The minimum Gasteiger partial charge on any atom is -0.452 e. The quantitative estimate of drug-likeness (QED) is 0.750. The molecule has 1 saturated carbocycles. The number of nitrogens with zero attached hydrogens (tertiary/aromatic N) is 3. The number of carbonyl (C=O) groups excluding carboxylic acids is 2. The lowest BCUT2D eigenvalue weighted by molar-refractivity contribution is -0.138. The number of nitriles is 1. The Labute approximate surface area is 143 Å². The molecule has 0 bridgehead atoms. The Morgan fingerprint density at radius 3 is 2.70 bits per heavy atom. The number of aromatic nitrogens is 1. The fourth-order valence-electron chi connectivity index (χ4n) is 2.73. The van der Waals surface area contributed by atoms with Gasteiger partial charge in [0.2, 0.25) is 0 Å². The van der Waals surface area contributed by atoms with Crippen LogP contribution in [0.25, 0.3) is 0 Å². The van der Waals surface area contributed by atoms with E-state index in [1.54, 1.807) is 19.3 Å². The van der Waals surface area contributed by atoms with E-state index in [2.05, 4.69) is 27.0 Å². The Bertz CT molecular complexity index is 636. The first-order valence-electron chi connectivity index (χ1n) is 7.44. The highest BCUT2D eigenvalue weighted by Crippen LogP contribution is 2.32. The predicted molar refractivity (Wildman–Crippen MR) is 86.4 cm³/mol. The topological polar surface area (TPSA) is 83.3 Å². The first-order valence-corrected chi connectivity index (χ1v) is 8.23. The van der Waals surface area contributed by atoms with Crippen molar-refractivity contribution in [2.24, 2.45) is 0 Å². The van der Waals surface area contributed by atoms with Gasteiger partial charge in [0.1, 0.15) is 5.54 Å². The SMILES string of the molecule is CN(C(=O)COC(=O)c1cncc(Br)c1)C1(C#N)CCCCC1. The van der Waals surface area contributed by atoms with Crippen LogP contribution in [-0.2, 0) is 9.53 Å². The zero-order valence-corrected chi connectivity index (χ0v) is 14.5. The molecule has 6 nitrogen and oxygen atoms in total. The van der Waals surface area contributed by atoms with Gasteiger partial charge < -0.3 is 9.64 Å². The van der Waals surface area contributed by atoms with Gasteiger partial charge in [-0.05, 0) is 34.8 Å². The number of amides is 1. The van der Waals surface area contributed by atoms with Gasteiger partial charge >= 0.3 is 5.97 Å². The summed E-state index contributed by atoms with van der Waals surface area (Å²) in [5.74, 6) is -0.986. The molecule has 0 radical (unpaired) electrons. The van der Waals surface area contributed by atoms with E-state index in [1.807, 2.05) is 0 Å². The van der Waals surface area contributed by atoms with Crippen LogP contribution in [-0.4, -0.2) is 41.0 Å². The van der Waals surface area contributed by atoms with Gasteiger partial charge in [-0.1, -0.05) is 19.3 Å². The minimum absolute atomic E-state index is 0.266. The first-order chi connectivity index (χ1) is 11.0. The summed E-state index contributed by atoms with van der Waals surface area (Å²) in [6, 6.07) is 3.84. The van der Waals surface area contributed by atoms with Crippen molar-refractivity contribution in [1.82, 2.24) is 9.88 Å². The highest BCUT2D eigenvalue weighted by atomic mass is 79.9. The minimum atomic E-state index is -0.779. The second kappa shape index (κ2) is 7.55. The molecule has 122 valence electrons. The monoisotopic (exact) mass is 379 g/mol. The number of carbonyl (C=O) groups is 2. The summed E-state index contributed by atoms with van der Waals surface area (Å²) in [6.45, 7) is -0.384. The highest BCUT2D eigenvalue weighted by molar-refractivity contribution is 9.10. The molecule has 0 atom stereocenters. The Hall–Kier alpha value is -1.94. The summed E-state index contributed by atoms with van der Waals surface area (Å²) >= 11 is 3.22. The van der Waals surface area contributed by atoms with Crippen molar-refractivity contribution >= 4 is 27.8 Å². The van der Waals surface area contributed by atoms with Gasteiger partial charge in [0.25, 0.3) is 5.91 Å². The molecular weight excluding hydrogens is 362 g/mol. The van der Waals surface area contributed by atoms with Crippen LogP contribution in [0.2, 0.25) is 0 Å². The molecule has 0 spiro atoms. The summed E-state index contributed by atoms with van der Waals surface area (Å²) in [6.07, 6.45) is 7.18. The molecule has 1 aromatic rings. The molecule has 7 heteroatoms. The van der Waals surface area contributed by atoms with Crippen LogP contribution >= 0.6 is 15.9 Å². The van der Waals surface area contributed by atoms with Crippen LogP contribution < -0.4 is 0 Å². The van der Waals surface area contributed by atoms with E-state index in [0.717, 1.165) is 19.3 Å². The van der Waals surface area contributed by atoms with Crippen LogP contribution in [0.4, 0.5) is 0 Å². The van der Waals surface area contributed by atoms with Gasteiger partial charge in [-0.15, -0.1) is 0 Å². The van der Waals surface area contributed by atoms with Gasteiger partial charge in [-0.3, -0.25) is 9.78 Å². The van der Waals surface area contributed by atoms with Crippen LogP contribution in [0.1, 0.15) is 42.5 Å². The van der Waals surface area contributed by atoms with E-state index in [9.17, 15) is 14.9 Å². The number of likely N-dealkylation sites (N-methyl/N-ethyl adjacent to an activating group) is 1. The summed E-state index contributed by atoms with van der Waals surface area (Å²) in [5.41, 5.74) is -0.513. The van der Waals surface area contributed by atoms with Crippen LogP contribution in [0.3, 0.4) is 0 Å². The van der Waals surface area contributed by atoms with Crippen LogP contribution in [0.15, 0.2) is 22.9 Å². The number of hydrogen-bond donors (Lipinski definition) is 0. The van der Waals surface area contributed by atoms with Crippen molar-refractivity contribution in [1.29, 1.82) is 5.26 Å². The third-order valence-corrected chi connectivity index (χ3v) is 4.61. The summed E-state index contributed by atoms with van der Waals surface area (Å²) in [7, 11) is 1.60. The lowest BCUT2D eigenvalue weighted by Crippen LogP contribution is -2.51.